The second kappa shape index (κ2) is 6.69. The van der Waals surface area contributed by atoms with Gasteiger partial charge in [-0.05, 0) is 57.2 Å². The lowest BCUT2D eigenvalue weighted by Crippen LogP contribution is -2.43. The third-order valence-electron chi connectivity index (χ3n) is 3.87. The summed E-state index contributed by atoms with van der Waals surface area (Å²) in [5.41, 5.74) is 1.15. The van der Waals surface area contributed by atoms with E-state index in [4.69, 9.17) is 11.6 Å². The molecule has 112 valence electrons. The summed E-state index contributed by atoms with van der Waals surface area (Å²) in [4.78, 5) is 0. The standard InChI is InChI=1S/C16H24ClNOS/c1-16(2,3)20(19)18-15(12-7-4-5-8-12)13-9-6-10-14(17)11-13/h6,9-12,15,18H,4-5,7-8H2,1-3H3. The first-order valence-electron chi connectivity index (χ1n) is 7.31. The molecule has 0 aromatic heterocycles. The zero-order chi connectivity index (χ0) is 14.8. The van der Waals surface area contributed by atoms with Crippen LogP contribution in [0.3, 0.4) is 0 Å². The van der Waals surface area contributed by atoms with Crippen LogP contribution in [-0.2, 0) is 11.4 Å². The predicted molar refractivity (Wildman–Crippen MR) is 87.2 cm³/mol. The maximum absolute atomic E-state index is 12.5. The lowest BCUT2D eigenvalue weighted by molar-refractivity contribution is 0.405. The molecule has 1 N–H and O–H groups in total. The van der Waals surface area contributed by atoms with Gasteiger partial charge < -0.3 is 4.55 Å². The summed E-state index contributed by atoms with van der Waals surface area (Å²) < 4.78 is 15.6. The molecule has 0 amide bonds. The molecule has 0 heterocycles. The van der Waals surface area contributed by atoms with Crippen LogP contribution < -0.4 is 4.72 Å². The summed E-state index contributed by atoms with van der Waals surface area (Å²) in [6, 6.07) is 8.08. The van der Waals surface area contributed by atoms with E-state index in [1.807, 2.05) is 39.0 Å². The van der Waals surface area contributed by atoms with Crippen molar-refractivity contribution in [3.63, 3.8) is 0 Å². The number of hydrogen-bond acceptors (Lipinski definition) is 2. The van der Waals surface area contributed by atoms with Gasteiger partial charge in [-0.15, -0.1) is 4.72 Å². The predicted octanol–water partition coefficient (Wildman–Crippen LogP) is 4.62. The fourth-order valence-electron chi connectivity index (χ4n) is 2.72. The zero-order valence-electron chi connectivity index (χ0n) is 12.5. The number of hydrogen-bond donors (Lipinski definition) is 1. The first-order valence-corrected chi connectivity index (χ1v) is 8.84. The monoisotopic (exact) mass is 313 g/mol. The summed E-state index contributed by atoms with van der Waals surface area (Å²) in [6.45, 7) is 6.00. The van der Waals surface area contributed by atoms with Crippen molar-refractivity contribution in [1.82, 2.24) is 4.72 Å². The average Bonchev–Trinajstić information content (AvgIpc) is 2.88. The maximum atomic E-state index is 12.5. The lowest BCUT2D eigenvalue weighted by atomic mass is 9.92. The van der Waals surface area contributed by atoms with Gasteiger partial charge in [-0.3, -0.25) is 0 Å². The van der Waals surface area contributed by atoms with E-state index in [1.165, 1.54) is 25.7 Å². The Morgan fingerprint density at radius 1 is 1.30 bits per heavy atom. The second-order valence-corrected chi connectivity index (χ2v) is 9.01. The van der Waals surface area contributed by atoms with Crippen LogP contribution in [0.1, 0.15) is 58.1 Å². The van der Waals surface area contributed by atoms with Crippen molar-refractivity contribution in [2.24, 2.45) is 5.92 Å². The molecule has 4 heteroatoms. The first-order chi connectivity index (χ1) is 9.38. The van der Waals surface area contributed by atoms with Crippen molar-refractivity contribution in [2.45, 2.75) is 57.2 Å². The van der Waals surface area contributed by atoms with E-state index in [0.29, 0.717) is 5.92 Å². The molecular formula is C16H24ClNOS. The highest BCUT2D eigenvalue weighted by molar-refractivity contribution is 7.90. The third kappa shape index (κ3) is 4.14. The number of nitrogens with one attached hydrogen (secondary N) is 1. The Labute approximate surface area is 130 Å². The molecule has 1 aromatic carbocycles. The molecule has 1 aromatic rings. The highest BCUT2D eigenvalue weighted by Gasteiger charge is 2.34. The Kier molecular flexibility index (Phi) is 5.41. The molecule has 0 saturated heterocycles. The van der Waals surface area contributed by atoms with Gasteiger partial charge in [-0.2, -0.15) is 0 Å². The highest BCUT2D eigenvalue weighted by atomic mass is 35.5. The van der Waals surface area contributed by atoms with Crippen molar-refractivity contribution in [3.8, 4) is 0 Å². The van der Waals surface area contributed by atoms with Gasteiger partial charge in [0.05, 0.1) is 6.04 Å². The van der Waals surface area contributed by atoms with Crippen LogP contribution >= 0.6 is 11.6 Å². The van der Waals surface area contributed by atoms with E-state index in [2.05, 4.69) is 10.8 Å². The van der Waals surface area contributed by atoms with Crippen LogP contribution in [0.4, 0.5) is 0 Å². The van der Waals surface area contributed by atoms with Gasteiger partial charge in [-0.1, -0.05) is 36.6 Å². The smallest absolute Gasteiger partial charge is 0.136 e. The molecule has 0 aliphatic heterocycles. The molecule has 20 heavy (non-hydrogen) atoms. The molecule has 2 rings (SSSR count). The fraction of sp³-hybridized carbons (Fsp3) is 0.625. The van der Waals surface area contributed by atoms with E-state index >= 15 is 0 Å². The van der Waals surface area contributed by atoms with Gasteiger partial charge in [0.15, 0.2) is 0 Å². The zero-order valence-corrected chi connectivity index (χ0v) is 14.1. The minimum atomic E-state index is -1.06. The van der Waals surface area contributed by atoms with Gasteiger partial charge in [-0.25, -0.2) is 0 Å². The minimum absolute atomic E-state index is 0.135. The normalized spacial score (nSPS) is 20.1. The van der Waals surface area contributed by atoms with E-state index < -0.39 is 11.4 Å². The van der Waals surface area contributed by atoms with Crippen molar-refractivity contribution in [3.05, 3.63) is 34.9 Å². The van der Waals surface area contributed by atoms with Crippen LogP contribution in [0.15, 0.2) is 24.3 Å². The van der Waals surface area contributed by atoms with Crippen molar-refractivity contribution in [1.29, 1.82) is 0 Å². The van der Waals surface area contributed by atoms with Gasteiger partial charge in [0.2, 0.25) is 0 Å². The van der Waals surface area contributed by atoms with Crippen LogP contribution in [-0.4, -0.2) is 9.30 Å². The largest absolute Gasteiger partial charge is 0.598 e. The van der Waals surface area contributed by atoms with Crippen LogP contribution in [0.25, 0.3) is 0 Å². The molecule has 2 atom stereocenters. The van der Waals surface area contributed by atoms with Crippen LogP contribution in [0.2, 0.25) is 5.02 Å². The Hall–Kier alpha value is -0.220. The van der Waals surface area contributed by atoms with Gasteiger partial charge in [0.25, 0.3) is 0 Å². The van der Waals surface area contributed by atoms with Crippen molar-refractivity contribution >= 4 is 23.0 Å². The topological polar surface area (TPSA) is 35.1 Å². The fourth-order valence-corrected chi connectivity index (χ4v) is 3.83. The Balaban J connectivity index is 2.21. The SMILES string of the molecule is CC(C)(C)[S+]([O-])NC(c1cccc(Cl)c1)C1CCCC1. The summed E-state index contributed by atoms with van der Waals surface area (Å²) >= 11 is 5.05. The van der Waals surface area contributed by atoms with Gasteiger partial charge in [0.1, 0.15) is 4.75 Å². The minimum Gasteiger partial charge on any atom is -0.598 e. The molecule has 1 aliphatic rings. The van der Waals surface area contributed by atoms with E-state index in [1.54, 1.807) is 0 Å². The number of rotatable bonds is 4. The third-order valence-corrected chi connectivity index (χ3v) is 5.68. The lowest BCUT2D eigenvalue weighted by Gasteiger charge is -2.31. The number of benzene rings is 1. The molecule has 1 aliphatic carbocycles. The van der Waals surface area contributed by atoms with E-state index in [-0.39, 0.29) is 10.8 Å². The quantitative estimate of drug-likeness (QED) is 0.823. The molecule has 0 spiro atoms. The summed E-state index contributed by atoms with van der Waals surface area (Å²) in [5.74, 6) is 0.555. The van der Waals surface area contributed by atoms with E-state index in [9.17, 15) is 4.55 Å². The molecule has 2 unspecified atom stereocenters. The van der Waals surface area contributed by atoms with E-state index in [0.717, 1.165) is 10.6 Å². The van der Waals surface area contributed by atoms with Crippen molar-refractivity contribution in [2.75, 3.05) is 0 Å². The summed E-state index contributed by atoms with van der Waals surface area (Å²) in [7, 11) is 0. The molecule has 1 saturated carbocycles. The Morgan fingerprint density at radius 2 is 1.95 bits per heavy atom. The molecule has 2 nitrogen and oxygen atoms in total. The maximum Gasteiger partial charge on any atom is 0.136 e. The van der Waals surface area contributed by atoms with Gasteiger partial charge >= 0.3 is 0 Å². The van der Waals surface area contributed by atoms with Crippen LogP contribution in [0, 0.1) is 5.92 Å². The molecule has 0 bridgehead atoms. The summed E-state index contributed by atoms with van der Waals surface area (Å²) in [5, 5.41) is 0.744. The Morgan fingerprint density at radius 3 is 2.50 bits per heavy atom. The first kappa shape index (κ1) is 16.2. The van der Waals surface area contributed by atoms with Gasteiger partial charge in [0, 0.05) is 16.4 Å². The Bertz CT molecular complexity index is 440. The molecule has 1 fully saturated rings. The number of halogens is 1. The molecule has 0 radical (unpaired) electrons. The highest BCUT2D eigenvalue weighted by Crippen LogP contribution is 2.37. The second-order valence-electron chi connectivity index (χ2n) is 6.58. The average molecular weight is 314 g/mol. The van der Waals surface area contributed by atoms with Crippen LogP contribution in [0.5, 0.6) is 0 Å². The van der Waals surface area contributed by atoms with Crippen molar-refractivity contribution < 1.29 is 4.55 Å². The molecular weight excluding hydrogens is 290 g/mol. The summed E-state index contributed by atoms with van der Waals surface area (Å²) in [6.07, 6.45) is 4.94.